The molecule has 2 aromatic rings. The number of thiazole rings is 1. The first kappa shape index (κ1) is 15.7. The minimum atomic E-state index is -0.376. The molecule has 0 saturated carbocycles. The third kappa shape index (κ3) is 4.15. The van der Waals surface area contributed by atoms with Gasteiger partial charge in [0.2, 0.25) is 0 Å². The quantitative estimate of drug-likeness (QED) is 0.576. The van der Waals surface area contributed by atoms with Gasteiger partial charge >= 0.3 is 6.03 Å². The van der Waals surface area contributed by atoms with Gasteiger partial charge < -0.3 is 10.6 Å². The summed E-state index contributed by atoms with van der Waals surface area (Å²) >= 11 is 7.38. The van der Waals surface area contributed by atoms with Gasteiger partial charge in [-0.1, -0.05) is 42.2 Å². The van der Waals surface area contributed by atoms with Crippen molar-refractivity contribution in [2.75, 3.05) is 10.6 Å². The zero-order valence-electron chi connectivity index (χ0n) is 11.5. The number of nitrogens with one attached hydrogen (secondary N) is 3. The van der Waals surface area contributed by atoms with Crippen LogP contribution in [0.15, 0.2) is 40.6 Å². The van der Waals surface area contributed by atoms with Gasteiger partial charge in [0.1, 0.15) is 4.32 Å². The fraction of sp³-hybridized carbons (Fsp3) is 0. The van der Waals surface area contributed by atoms with E-state index in [-0.39, 0.29) is 11.9 Å². The van der Waals surface area contributed by atoms with E-state index >= 15 is 0 Å². The Bertz CT molecular complexity index is 801. The van der Waals surface area contributed by atoms with Crippen LogP contribution in [0, 0.1) is 0 Å². The second kappa shape index (κ2) is 6.90. The average Bonchev–Trinajstić information content (AvgIpc) is 3.07. The van der Waals surface area contributed by atoms with E-state index in [1.807, 2.05) is 18.2 Å². The van der Waals surface area contributed by atoms with E-state index in [0.29, 0.717) is 25.7 Å². The van der Waals surface area contributed by atoms with E-state index < -0.39 is 0 Å². The van der Waals surface area contributed by atoms with Crippen LogP contribution in [0.1, 0.15) is 5.69 Å². The molecular weight excluding hydrogens is 352 g/mol. The monoisotopic (exact) mass is 362 g/mol. The maximum atomic E-state index is 11.9. The van der Waals surface area contributed by atoms with Crippen LogP contribution in [-0.2, 0) is 4.79 Å². The number of hydrogen-bond acceptors (Lipinski definition) is 6. The Morgan fingerprint density at radius 2 is 2.04 bits per heavy atom. The normalized spacial score (nSPS) is 15.6. The summed E-state index contributed by atoms with van der Waals surface area (Å²) in [6, 6.07) is 8.73. The number of carbonyl (C=O) groups is 2. The second-order valence-electron chi connectivity index (χ2n) is 4.37. The van der Waals surface area contributed by atoms with Crippen LogP contribution in [0.5, 0.6) is 0 Å². The van der Waals surface area contributed by atoms with Crippen molar-refractivity contribution in [2.45, 2.75) is 0 Å². The fourth-order valence-electron chi connectivity index (χ4n) is 1.75. The lowest BCUT2D eigenvalue weighted by Crippen LogP contribution is -2.19. The third-order valence-electron chi connectivity index (χ3n) is 2.70. The maximum Gasteiger partial charge on any atom is 0.325 e. The Kier molecular flexibility index (Phi) is 4.70. The highest BCUT2D eigenvalue weighted by Crippen LogP contribution is 2.27. The Balaban J connectivity index is 1.63. The second-order valence-corrected chi connectivity index (χ2v) is 6.95. The Morgan fingerprint density at radius 3 is 2.74 bits per heavy atom. The van der Waals surface area contributed by atoms with E-state index in [0.717, 1.165) is 0 Å². The number of benzene rings is 1. The molecule has 0 bridgehead atoms. The molecule has 0 spiro atoms. The van der Waals surface area contributed by atoms with Crippen molar-refractivity contribution < 1.29 is 9.59 Å². The van der Waals surface area contributed by atoms with Gasteiger partial charge in [-0.05, 0) is 18.2 Å². The number of para-hydroxylation sites is 1. The average molecular weight is 362 g/mol. The maximum absolute atomic E-state index is 11.9. The topological polar surface area (TPSA) is 83.1 Å². The van der Waals surface area contributed by atoms with Gasteiger partial charge in [0.05, 0.1) is 10.6 Å². The van der Waals surface area contributed by atoms with Crippen molar-refractivity contribution in [2.24, 2.45) is 0 Å². The standard InChI is InChI=1S/C14H10N4O2S3/c19-11-10(23-14(21)17-11)6-9-7-22-13(16-9)18-12(20)15-8-4-2-1-3-5-8/h1-7H,(H,17,19,21)(H2,15,16,18,20)/b10-6-. The van der Waals surface area contributed by atoms with Gasteiger partial charge in [-0.3, -0.25) is 10.1 Å². The number of hydrogen-bond donors (Lipinski definition) is 3. The lowest BCUT2D eigenvalue weighted by molar-refractivity contribution is -0.115. The molecule has 2 heterocycles. The first-order valence-electron chi connectivity index (χ1n) is 6.43. The lowest BCUT2D eigenvalue weighted by Gasteiger charge is -2.04. The van der Waals surface area contributed by atoms with Crippen molar-refractivity contribution in [3.63, 3.8) is 0 Å². The van der Waals surface area contributed by atoms with Crippen LogP contribution in [0.3, 0.4) is 0 Å². The summed E-state index contributed by atoms with van der Waals surface area (Å²) in [4.78, 5) is 28.2. The van der Waals surface area contributed by atoms with E-state index in [1.54, 1.807) is 23.6 Å². The van der Waals surface area contributed by atoms with Crippen molar-refractivity contribution in [1.82, 2.24) is 10.3 Å². The van der Waals surface area contributed by atoms with Crippen molar-refractivity contribution in [3.8, 4) is 0 Å². The molecule has 1 saturated heterocycles. The third-order valence-corrected chi connectivity index (χ3v) is 4.63. The molecule has 0 radical (unpaired) electrons. The van der Waals surface area contributed by atoms with Crippen LogP contribution >= 0.6 is 35.3 Å². The van der Waals surface area contributed by atoms with E-state index in [4.69, 9.17) is 12.2 Å². The smallest absolute Gasteiger partial charge is 0.308 e. The van der Waals surface area contributed by atoms with Crippen LogP contribution in [0.25, 0.3) is 6.08 Å². The Morgan fingerprint density at radius 1 is 1.26 bits per heavy atom. The molecule has 9 heteroatoms. The summed E-state index contributed by atoms with van der Waals surface area (Å²) < 4.78 is 0.428. The number of thioether (sulfide) groups is 1. The summed E-state index contributed by atoms with van der Waals surface area (Å²) in [5.74, 6) is -0.232. The number of rotatable bonds is 3. The van der Waals surface area contributed by atoms with E-state index in [9.17, 15) is 9.59 Å². The zero-order valence-corrected chi connectivity index (χ0v) is 14.0. The van der Waals surface area contributed by atoms with Crippen LogP contribution in [-0.4, -0.2) is 21.2 Å². The largest absolute Gasteiger partial charge is 0.325 e. The molecule has 1 aromatic carbocycles. The van der Waals surface area contributed by atoms with E-state index in [1.165, 1.54) is 23.1 Å². The fourth-order valence-corrected chi connectivity index (χ4v) is 3.44. The molecular formula is C14H10N4O2S3. The van der Waals surface area contributed by atoms with Crippen LogP contribution in [0.4, 0.5) is 15.6 Å². The first-order chi connectivity index (χ1) is 11.1. The first-order valence-corrected chi connectivity index (χ1v) is 8.54. The van der Waals surface area contributed by atoms with Crippen molar-refractivity contribution in [3.05, 3.63) is 46.3 Å². The molecule has 1 aliphatic rings. The summed E-state index contributed by atoms with van der Waals surface area (Å²) in [7, 11) is 0. The predicted molar refractivity (Wildman–Crippen MR) is 97.5 cm³/mol. The lowest BCUT2D eigenvalue weighted by atomic mass is 10.3. The number of thiocarbonyl (C=S) groups is 1. The van der Waals surface area contributed by atoms with Gasteiger partial charge in [-0.15, -0.1) is 11.3 Å². The minimum absolute atomic E-state index is 0.232. The van der Waals surface area contributed by atoms with Gasteiger partial charge in [-0.25, -0.2) is 9.78 Å². The van der Waals surface area contributed by atoms with Crippen molar-refractivity contribution in [1.29, 1.82) is 0 Å². The zero-order chi connectivity index (χ0) is 16.2. The number of aromatic nitrogens is 1. The molecule has 1 aliphatic heterocycles. The predicted octanol–water partition coefficient (Wildman–Crippen LogP) is 3.28. The minimum Gasteiger partial charge on any atom is -0.308 e. The number of carbonyl (C=O) groups excluding carboxylic acids is 2. The van der Waals surface area contributed by atoms with Gasteiger partial charge in [0, 0.05) is 11.1 Å². The molecule has 3 N–H and O–H groups in total. The molecule has 0 atom stereocenters. The molecule has 23 heavy (non-hydrogen) atoms. The molecule has 0 unspecified atom stereocenters. The molecule has 1 fully saturated rings. The number of amides is 3. The number of urea groups is 1. The molecule has 3 rings (SSSR count). The van der Waals surface area contributed by atoms with Crippen LogP contribution in [0.2, 0.25) is 0 Å². The molecule has 116 valence electrons. The van der Waals surface area contributed by atoms with Crippen molar-refractivity contribution >= 4 is 68.5 Å². The number of anilines is 2. The van der Waals surface area contributed by atoms with Gasteiger partial charge in [0.15, 0.2) is 5.13 Å². The molecule has 6 nitrogen and oxygen atoms in total. The summed E-state index contributed by atoms with van der Waals surface area (Å²) in [6.45, 7) is 0. The molecule has 3 amide bonds. The van der Waals surface area contributed by atoms with E-state index in [2.05, 4.69) is 20.9 Å². The molecule has 1 aromatic heterocycles. The number of nitrogens with zero attached hydrogens (tertiary/aromatic N) is 1. The Hall–Kier alpha value is -2.23. The Labute approximate surface area is 145 Å². The summed E-state index contributed by atoms with van der Waals surface area (Å²) in [5.41, 5.74) is 1.28. The summed E-state index contributed by atoms with van der Waals surface area (Å²) in [5, 5.41) is 10.1. The van der Waals surface area contributed by atoms with Crippen LogP contribution < -0.4 is 16.0 Å². The highest BCUT2D eigenvalue weighted by atomic mass is 32.2. The highest BCUT2D eigenvalue weighted by molar-refractivity contribution is 8.26. The SMILES string of the molecule is O=C(Nc1ccccc1)Nc1nc(/C=C2\SC(=S)NC2=O)cs1. The summed E-state index contributed by atoms with van der Waals surface area (Å²) in [6.07, 6.45) is 1.64. The van der Waals surface area contributed by atoms with Gasteiger partial charge in [0.25, 0.3) is 5.91 Å². The molecule has 0 aliphatic carbocycles. The van der Waals surface area contributed by atoms with Gasteiger partial charge in [-0.2, -0.15) is 0 Å². The highest BCUT2D eigenvalue weighted by Gasteiger charge is 2.22.